The monoisotopic (exact) mass is 1250 g/mol. The van der Waals surface area contributed by atoms with Gasteiger partial charge in [0.2, 0.25) is 0 Å². The molecule has 6 unspecified atom stereocenters. The molecule has 0 amide bonds. The van der Waals surface area contributed by atoms with Gasteiger partial charge in [0.1, 0.15) is 30.5 Å². The second kappa shape index (κ2) is 32.8. The van der Waals surface area contributed by atoms with Gasteiger partial charge in [0.05, 0.1) is 24.5 Å². The number of esters is 2. The van der Waals surface area contributed by atoms with Gasteiger partial charge in [-0.1, -0.05) is 161 Å². The fraction of sp³-hybridized carbons (Fsp3) is 0.703. The molecule has 432 valence electrons. The van der Waals surface area contributed by atoms with E-state index in [0.717, 1.165) is 60.1 Å². The third-order valence-corrected chi connectivity index (χ3v) is 17.5. The molecule has 8 rings (SSSR count). The molecule has 0 heterocycles. The van der Waals surface area contributed by atoms with Crippen molar-refractivity contribution in [3.05, 3.63) is 75.4 Å². The summed E-state index contributed by atoms with van der Waals surface area (Å²) in [6, 6.07) is 8.14. The summed E-state index contributed by atoms with van der Waals surface area (Å²) < 4.78 is 17.4. The average Bonchev–Trinajstić information content (AvgIpc) is 3.36. The Bertz CT molecular complexity index is 2260. The van der Waals surface area contributed by atoms with Gasteiger partial charge in [0.15, 0.2) is 0 Å². The topological polar surface area (TPSA) is 172 Å². The van der Waals surface area contributed by atoms with Crippen molar-refractivity contribution in [3.63, 3.8) is 0 Å². The maximum Gasteiger partial charge on any atom is 1.00 e. The van der Waals surface area contributed by atoms with Crippen LogP contribution >= 0.6 is 22.6 Å². The molecule has 2 aromatic rings. The molecule has 0 aliphatic heterocycles. The Hall–Kier alpha value is -0.347. The van der Waals surface area contributed by atoms with Gasteiger partial charge >= 0.3 is 115 Å². The number of benzene rings is 2. The van der Waals surface area contributed by atoms with Gasteiger partial charge in [-0.05, 0) is 164 Å². The van der Waals surface area contributed by atoms with Crippen LogP contribution in [0.4, 0.5) is 0 Å². The number of carbonyl (C=O) groups excluding carboxylic acids is 3. The van der Waals surface area contributed by atoms with Gasteiger partial charge < -0.3 is 41.1 Å². The average molecular weight is 1250 g/mol. The number of alkyl halides is 1. The molecule has 0 spiro atoms. The van der Waals surface area contributed by atoms with Crippen LogP contribution in [0, 0.1) is 45.3 Å². The summed E-state index contributed by atoms with van der Waals surface area (Å²) in [6.45, 7) is 34.3. The molecule has 3 N–H and O–H groups in total. The zero-order valence-corrected chi connectivity index (χ0v) is 60.5. The van der Waals surface area contributed by atoms with E-state index in [4.69, 9.17) is 24.3 Å². The van der Waals surface area contributed by atoms with E-state index in [1.807, 2.05) is 58.6 Å². The Labute approximate surface area is 572 Å². The number of rotatable bonds is 21. The van der Waals surface area contributed by atoms with E-state index < -0.39 is 10.8 Å². The second-order valence-electron chi connectivity index (χ2n) is 26.5. The summed E-state index contributed by atoms with van der Waals surface area (Å²) in [5.41, 5.74) is 6.17. The van der Waals surface area contributed by atoms with Gasteiger partial charge in [-0.2, -0.15) is 0 Å². The normalized spacial score (nSPS) is 21.3. The second-order valence-corrected chi connectivity index (χ2v) is 26.5. The summed E-state index contributed by atoms with van der Waals surface area (Å²) in [5, 5.41) is 41.2. The number of ether oxygens (including phenoxy) is 3. The molecule has 14 heteroatoms. The van der Waals surface area contributed by atoms with Crippen LogP contribution in [-0.2, 0) is 46.2 Å². The van der Waals surface area contributed by atoms with Crippen molar-refractivity contribution < 1.29 is 158 Å². The largest absolute Gasteiger partial charge is 1.00 e. The van der Waals surface area contributed by atoms with Crippen molar-refractivity contribution in [1.29, 1.82) is 0 Å². The van der Waals surface area contributed by atoms with Crippen LogP contribution in [0.3, 0.4) is 0 Å². The number of carbonyl (C=O) groups is 3. The summed E-state index contributed by atoms with van der Waals surface area (Å²) in [5.74, 6) is 2.47. The quantitative estimate of drug-likeness (QED) is 0.0126. The van der Waals surface area contributed by atoms with Crippen LogP contribution < -0.4 is 113 Å². The summed E-state index contributed by atoms with van der Waals surface area (Å²) in [6.07, 6.45) is 18.4. The van der Waals surface area contributed by atoms with E-state index in [-0.39, 0.29) is 181 Å². The molecule has 0 saturated heterocycles. The predicted molar refractivity (Wildman–Crippen MR) is 314 cm³/mol. The molecular weight excluding hydrogens is 1150 g/mol. The third-order valence-electron chi connectivity index (χ3n) is 17.5. The Kier molecular flexibility index (Phi) is 31.8. The molecule has 6 atom stereocenters. The molecule has 78 heavy (non-hydrogen) atoms. The molecule has 0 radical (unpaired) electrons. The first-order chi connectivity index (χ1) is 35.4. The SMILES string of the molecule is CCCCCCC(C)(C)c1cc(CO)c(C2C=C(COC(=O)C(C)(C)C)C3CC2C3(C)C)c(OC)c1.CCCCCCC(C)(C)c1cc(O)c(C2C=C(COC(=O)C(C)(C)C)C3CC2C3(C)C)c(O)c1.CI.O=CO[O-].[H-].[K+].[K+]. The minimum absolute atomic E-state index is 0. The van der Waals surface area contributed by atoms with Crippen molar-refractivity contribution in [2.75, 3.05) is 25.3 Å². The number of aliphatic hydroxyl groups is 1. The van der Waals surface area contributed by atoms with Crippen LogP contribution in [-0.4, -0.2) is 59.0 Å². The summed E-state index contributed by atoms with van der Waals surface area (Å²) >= 11 is 2.15. The zero-order valence-electron chi connectivity index (χ0n) is 53.1. The van der Waals surface area contributed by atoms with Gasteiger partial charge in [-0.3, -0.25) is 14.4 Å². The number of halogens is 1. The van der Waals surface area contributed by atoms with Crippen LogP contribution in [0.2, 0.25) is 0 Å². The number of hydrogen-bond acceptors (Lipinski definition) is 11. The number of hydrogen-bond donors (Lipinski definition) is 3. The van der Waals surface area contributed by atoms with Crippen molar-refractivity contribution >= 4 is 41.0 Å². The molecular formula is C64H101IK2O11. The van der Waals surface area contributed by atoms with E-state index in [1.54, 1.807) is 7.11 Å². The van der Waals surface area contributed by atoms with Crippen LogP contribution in [0.1, 0.15) is 229 Å². The maximum atomic E-state index is 12.5. The van der Waals surface area contributed by atoms with E-state index in [9.17, 15) is 24.9 Å². The van der Waals surface area contributed by atoms with Gasteiger partial charge in [0, 0.05) is 23.0 Å². The molecule has 2 saturated carbocycles. The Morgan fingerprint density at radius 1 is 0.667 bits per heavy atom. The van der Waals surface area contributed by atoms with E-state index >= 15 is 0 Å². The van der Waals surface area contributed by atoms with E-state index in [1.165, 1.54) is 56.1 Å². The molecule has 6 aliphatic carbocycles. The number of unbranched alkanes of at least 4 members (excludes halogenated alkanes) is 6. The Morgan fingerprint density at radius 3 is 1.36 bits per heavy atom. The van der Waals surface area contributed by atoms with Crippen LogP contribution in [0.15, 0.2) is 47.6 Å². The Balaban J connectivity index is 0.00000135. The fourth-order valence-electron chi connectivity index (χ4n) is 12.3. The first-order valence-corrected chi connectivity index (χ1v) is 30.3. The maximum absolute atomic E-state index is 12.5. The zero-order chi connectivity index (χ0) is 57.8. The number of phenolic OH excluding ortho intramolecular Hbond substituents is 2. The number of aliphatic hydroxyl groups excluding tert-OH is 1. The van der Waals surface area contributed by atoms with E-state index in [2.05, 4.69) is 121 Å². The van der Waals surface area contributed by atoms with Crippen molar-refractivity contribution in [2.45, 2.75) is 217 Å². The van der Waals surface area contributed by atoms with Crippen molar-refractivity contribution in [2.24, 2.45) is 45.3 Å². The molecule has 2 fully saturated rings. The number of aromatic hydroxyl groups is 2. The van der Waals surface area contributed by atoms with Crippen LogP contribution in [0.25, 0.3) is 0 Å². The molecule has 4 bridgehead atoms. The number of allylic oxidation sites excluding steroid dienone is 2. The summed E-state index contributed by atoms with van der Waals surface area (Å²) in [4.78, 5) is 38.1. The standard InChI is InChI=1S/C32H50O4.C30H46O4.CH3I.CH2O3.2K.H/c1-10-11-12-13-14-31(5,6)23-15-21(19-33)28(27(17-23)35-9)24-16-22(20-36-29(34)30(2,3)4)25-18-26(24)32(25,7)8;1-9-10-11-12-13-29(5,6)20-15-24(31)26(25(32)16-20)21-14-19(18-34-27(33)28(2,3)4)22-17-23(21)30(22,7)8;1-2;2-1-4-3;;;/h15-17,24-26,33H,10-14,18-20H2,1-9H3;14-16,21-23,31-32H,9-13,17-18H2,1-8H3;1H3;1,3H;;;/q;;;;2*+1;-1/p-1. The fourth-order valence-corrected chi connectivity index (χ4v) is 12.3. The predicted octanol–water partition coefficient (Wildman–Crippen LogP) is 8.94. The third kappa shape index (κ3) is 19.1. The minimum atomic E-state index is -0.540. The smallest absolute Gasteiger partial charge is 1.00 e. The molecule has 2 aromatic carbocycles. The first kappa shape index (κ1) is 75.7. The molecule has 11 nitrogen and oxygen atoms in total. The number of fused-ring (bicyclic) bond motifs is 2. The molecule has 0 aromatic heterocycles. The Morgan fingerprint density at radius 2 is 1.04 bits per heavy atom. The number of methoxy groups -OCH3 is 1. The van der Waals surface area contributed by atoms with Crippen molar-refractivity contribution in [3.8, 4) is 17.2 Å². The van der Waals surface area contributed by atoms with Gasteiger partial charge in [-0.25, -0.2) is 0 Å². The van der Waals surface area contributed by atoms with Gasteiger partial charge in [-0.15, -0.1) is 0 Å². The minimum Gasteiger partial charge on any atom is -1.00 e. The number of phenols is 2. The summed E-state index contributed by atoms with van der Waals surface area (Å²) in [7, 11) is 1.74. The van der Waals surface area contributed by atoms with Crippen LogP contribution in [0.5, 0.6) is 17.2 Å². The van der Waals surface area contributed by atoms with Gasteiger partial charge in [0.25, 0.3) is 6.47 Å². The first-order valence-electron chi connectivity index (χ1n) is 28.1. The van der Waals surface area contributed by atoms with Crippen molar-refractivity contribution in [1.82, 2.24) is 0 Å². The molecule has 6 aliphatic rings. The van der Waals surface area contributed by atoms with E-state index in [0.29, 0.717) is 35.8 Å².